The van der Waals surface area contributed by atoms with Gasteiger partial charge in [-0.1, -0.05) is 12.1 Å². The van der Waals surface area contributed by atoms with E-state index in [4.69, 9.17) is 4.74 Å². The molecule has 2 atom stereocenters. The molecule has 5 heteroatoms. The van der Waals surface area contributed by atoms with Crippen molar-refractivity contribution in [1.29, 1.82) is 0 Å². The molecule has 0 aliphatic heterocycles. The predicted molar refractivity (Wildman–Crippen MR) is 83.5 cm³/mol. The van der Waals surface area contributed by atoms with Crippen LogP contribution >= 0.6 is 0 Å². The SMILES string of the molecule is COC1CCCC(Nc2ccc(-c3cc(=O)[nH][nH]3)cc2)C1. The van der Waals surface area contributed by atoms with E-state index in [2.05, 4.69) is 27.6 Å². The Labute approximate surface area is 123 Å². The zero-order chi connectivity index (χ0) is 14.7. The van der Waals surface area contributed by atoms with Gasteiger partial charge in [-0.3, -0.25) is 15.0 Å². The van der Waals surface area contributed by atoms with Crippen LogP contribution in [-0.2, 0) is 4.74 Å². The van der Waals surface area contributed by atoms with Crippen LogP contribution in [0.4, 0.5) is 5.69 Å². The van der Waals surface area contributed by atoms with Crippen molar-refractivity contribution in [3.63, 3.8) is 0 Å². The molecule has 0 saturated heterocycles. The number of hydrogen-bond donors (Lipinski definition) is 3. The molecule has 21 heavy (non-hydrogen) atoms. The number of aromatic nitrogens is 2. The molecule has 112 valence electrons. The highest BCUT2D eigenvalue weighted by atomic mass is 16.5. The third-order valence-corrected chi connectivity index (χ3v) is 4.12. The molecule has 1 aromatic heterocycles. The number of hydrogen-bond acceptors (Lipinski definition) is 3. The lowest BCUT2D eigenvalue weighted by atomic mass is 9.92. The van der Waals surface area contributed by atoms with Crippen molar-refractivity contribution < 1.29 is 4.74 Å². The van der Waals surface area contributed by atoms with Gasteiger partial charge in [-0.25, -0.2) is 0 Å². The third-order valence-electron chi connectivity index (χ3n) is 4.12. The number of aromatic amines is 2. The van der Waals surface area contributed by atoms with Crippen LogP contribution in [0.5, 0.6) is 0 Å². The summed E-state index contributed by atoms with van der Waals surface area (Å²) in [6, 6.07) is 10.2. The first-order valence-electron chi connectivity index (χ1n) is 7.42. The molecule has 3 N–H and O–H groups in total. The molecule has 5 nitrogen and oxygen atoms in total. The van der Waals surface area contributed by atoms with Crippen molar-refractivity contribution in [2.45, 2.75) is 37.8 Å². The molecule has 0 bridgehead atoms. The first-order chi connectivity index (χ1) is 10.2. The van der Waals surface area contributed by atoms with Crippen LogP contribution in [0.25, 0.3) is 11.3 Å². The molecule has 1 fully saturated rings. The molecule has 1 aromatic carbocycles. The average molecular weight is 287 g/mol. The highest BCUT2D eigenvalue weighted by Crippen LogP contribution is 2.25. The fourth-order valence-electron chi connectivity index (χ4n) is 2.96. The molecule has 0 spiro atoms. The summed E-state index contributed by atoms with van der Waals surface area (Å²) >= 11 is 0. The molecule has 1 aliphatic rings. The summed E-state index contributed by atoms with van der Waals surface area (Å²) in [5.74, 6) is 0. The Morgan fingerprint density at radius 3 is 2.67 bits per heavy atom. The van der Waals surface area contributed by atoms with Gasteiger partial charge in [-0.2, -0.15) is 0 Å². The Kier molecular flexibility index (Phi) is 4.10. The van der Waals surface area contributed by atoms with Crippen LogP contribution < -0.4 is 10.9 Å². The lowest BCUT2D eigenvalue weighted by Crippen LogP contribution is -2.30. The number of rotatable bonds is 4. The van der Waals surface area contributed by atoms with Gasteiger partial charge >= 0.3 is 0 Å². The maximum Gasteiger partial charge on any atom is 0.264 e. The standard InChI is InChI=1S/C16H21N3O2/c1-21-14-4-2-3-13(9-14)17-12-7-5-11(6-8-12)15-10-16(20)19-18-15/h5-8,10,13-14,17H,2-4,9H2,1H3,(H2,18,19,20). The van der Waals surface area contributed by atoms with Gasteiger partial charge in [0.15, 0.2) is 0 Å². The number of methoxy groups -OCH3 is 1. The predicted octanol–water partition coefficient (Wildman–Crippen LogP) is 2.74. The molecule has 1 aliphatic carbocycles. The highest BCUT2D eigenvalue weighted by Gasteiger charge is 2.21. The number of anilines is 1. The topological polar surface area (TPSA) is 69.9 Å². The van der Waals surface area contributed by atoms with Crippen molar-refractivity contribution in [2.75, 3.05) is 12.4 Å². The molecule has 0 radical (unpaired) electrons. The zero-order valence-electron chi connectivity index (χ0n) is 12.2. The Balaban J connectivity index is 1.65. The minimum atomic E-state index is -0.111. The van der Waals surface area contributed by atoms with E-state index in [0.717, 1.165) is 29.8 Å². The van der Waals surface area contributed by atoms with Crippen LogP contribution in [0.3, 0.4) is 0 Å². The molecule has 3 rings (SSSR count). The molecule has 0 amide bonds. The average Bonchev–Trinajstić information content (AvgIpc) is 2.95. The largest absolute Gasteiger partial charge is 0.382 e. The molecule has 2 aromatic rings. The molecule has 2 unspecified atom stereocenters. The van der Waals surface area contributed by atoms with Crippen molar-refractivity contribution in [1.82, 2.24) is 10.2 Å². The monoisotopic (exact) mass is 287 g/mol. The summed E-state index contributed by atoms with van der Waals surface area (Å²) in [5, 5.41) is 8.98. The summed E-state index contributed by atoms with van der Waals surface area (Å²) in [5.41, 5.74) is 2.80. The Morgan fingerprint density at radius 1 is 1.19 bits per heavy atom. The van der Waals surface area contributed by atoms with E-state index in [1.165, 1.54) is 12.8 Å². The summed E-state index contributed by atoms with van der Waals surface area (Å²) in [6.07, 6.45) is 4.99. The summed E-state index contributed by atoms with van der Waals surface area (Å²) < 4.78 is 5.46. The van der Waals surface area contributed by atoms with E-state index >= 15 is 0 Å². The van der Waals surface area contributed by atoms with Gasteiger partial charge in [0.2, 0.25) is 0 Å². The molecular weight excluding hydrogens is 266 g/mol. The minimum absolute atomic E-state index is 0.111. The van der Waals surface area contributed by atoms with E-state index in [9.17, 15) is 4.79 Å². The van der Waals surface area contributed by atoms with Gasteiger partial charge in [0.05, 0.1) is 11.8 Å². The summed E-state index contributed by atoms with van der Waals surface area (Å²) in [7, 11) is 1.79. The van der Waals surface area contributed by atoms with Crippen LogP contribution in [0.1, 0.15) is 25.7 Å². The second-order valence-electron chi connectivity index (χ2n) is 5.62. The van der Waals surface area contributed by atoms with Crippen LogP contribution in [-0.4, -0.2) is 29.5 Å². The van der Waals surface area contributed by atoms with E-state index in [1.54, 1.807) is 13.2 Å². The Bertz CT molecular complexity index is 629. The van der Waals surface area contributed by atoms with Gasteiger partial charge in [0.25, 0.3) is 5.56 Å². The molecule has 1 saturated carbocycles. The second kappa shape index (κ2) is 6.18. The number of benzene rings is 1. The van der Waals surface area contributed by atoms with Crippen LogP contribution in [0, 0.1) is 0 Å². The van der Waals surface area contributed by atoms with Gasteiger partial charge < -0.3 is 10.1 Å². The van der Waals surface area contributed by atoms with Gasteiger partial charge in [-0.15, -0.1) is 0 Å². The van der Waals surface area contributed by atoms with Crippen molar-refractivity contribution in [3.8, 4) is 11.3 Å². The lowest BCUT2D eigenvalue weighted by Gasteiger charge is -2.29. The summed E-state index contributed by atoms with van der Waals surface area (Å²) in [6.45, 7) is 0. The third kappa shape index (κ3) is 3.36. The summed E-state index contributed by atoms with van der Waals surface area (Å²) in [4.78, 5) is 11.1. The quantitative estimate of drug-likeness (QED) is 0.810. The smallest absolute Gasteiger partial charge is 0.264 e. The Morgan fingerprint density at radius 2 is 2.00 bits per heavy atom. The van der Waals surface area contributed by atoms with E-state index in [0.29, 0.717) is 12.1 Å². The van der Waals surface area contributed by atoms with E-state index < -0.39 is 0 Å². The van der Waals surface area contributed by atoms with Crippen LogP contribution in [0.2, 0.25) is 0 Å². The van der Waals surface area contributed by atoms with Crippen molar-refractivity contribution in [2.24, 2.45) is 0 Å². The normalized spacial score (nSPS) is 22.1. The minimum Gasteiger partial charge on any atom is -0.382 e. The van der Waals surface area contributed by atoms with Crippen LogP contribution in [0.15, 0.2) is 35.1 Å². The second-order valence-corrected chi connectivity index (χ2v) is 5.62. The number of ether oxygens (including phenoxy) is 1. The van der Waals surface area contributed by atoms with Gasteiger partial charge in [-0.05, 0) is 43.4 Å². The fourth-order valence-corrected chi connectivity index (χ4v) is 2.96. The van der Waals surface area contributed by atoms with E-state index in [-0.39, 0.29) is 5.56 Å². The molecule has 1 heterocycles. The Hall–Kier alpha value is -2.01. The first-order valence-corrected chi connectivity index (χ1v) is 7.42. The fraction of sp³-hybridized carbons (Fsp3) is 0.438. The maximum atomic E-state index is 11.1. The lowest BCUT2D eigenvalue weighted by molar-refractivity contribution is 0.0669. The number of H-pyrrole nitrogens is 2. The van der Waals surface area contributed by atoms with Crippen molar-refractivity contribution >= 4 is 5.69 Å². The molecular formula is C16H21N3O2. The highest BCUT2D eigenvalue weighted by molar-refractivity contribution is 5.62. The number of nitrogens with one attached hydrogen (secondary N) is 3. The van der Waals surface area contributed by atoms with E-state index in [1.807, 2.05) is 12.1 Å². The first kappa shape index (κ1) is 13.9. The van der Waals surface area contributed by atoms with Gasteiger partial charge in [0.1, 0.15) is 0 Å². The van der Waals surface area contributed by atoms with Crippen molar-refractivity contribution in [3.05, 3.63) is 40.7 Å². The van der Waals surface area contributed by atoms with Gasteiger partial charge in [0, 0.05) is 24.9 Å². The maximum absolute atomic E-state index is 11.1. The zero-order valence-corrected chi connectivity index (χ0v) is 12.2.